The molecule has 0 spiro atoms. The number of amides is 1. The zero-order chi connectivity index (χ0) is 21.1. The molecule has 0 unspecified atom stereocenters. The molecule has 2 heterocycles. The molecule has 0 aliphatic carbocycles. The van der Waals surface area contributed by atoms with Gasteiger partial charge >= 0.3 is 5.97 Å². The van der Waals surface area contributed by atoms with Crippen LogP contribution >= 0.6 is 0 Å². The SMILES string of the molecule is Cc1[nH]c2ccc(C(=O)OCC(=O)NCCc3ccc4c(c3)OCCO4)cc2c1C. The molecular formula is C23H24N2O5. The van der Waals surface area contributed by atoms with Gasteiger partial charge in [-0.2, -0.15) is 0 Å². The lowest BCUT2D eigenvalue weighted by Gasteiger charge is -2.18. The fourth-order valence-corrected chi connectivity index (χ4v) is 3.44. The number of aromatic nitrogens is 1. The Morgan fingerprint density at radius 2 is 1.87 bits per heavy atom. The van der Waals surface area contributed by atoms with Crippen molar-refractivity contribution in [1.82, 2.24) is 10.3 Å². The normalized spacial score (nSPS) is 12.6. The molecule has 0 bridgehead atoms. The average Bonchev–Trinajstić information content (AvgIpc) is 3.05. The number of aryl methyl sites for hydroxylation is 2. The van der Waals surface area contributed by atoms with E-state index in [9.17, 15) is 9.59 Å². The number of H-pyrrole nitrogens is 1. The predicted octanol–water partition coefficient (Wildman–Crippen LogP) is 3.07. The summed E-state index contributed by atoms with van der Waals surface area (Å²) >= 11 is 0. The third-order valence-electron chi connectivity index (χ3n) is 5.22. The Kier molecular flexibility index (Phi) is 5.61. The van der Waals surface area contributed by atoms with Crippen molar-refractivity contribution >= 4 is 22.8 Å². The molecule has 4 rings (SSSR count). The molecule has 2 N–H and O–H groups in total. The number of rotatable bonds is 6. The lowest BCUT2D eigenvalue weighted by Crippen LogP contribution is -2.30. The van der Waals surface area contributed by atoms with E-state index in [-0.39, 0.29) is 12.5 Å². The molecule has 2 aromatic carbocycles. The number of hydrogen-bond acceptors (Lipinski definition) is 5. The van der Waals surface area contributed by atoms with Gasteiger partial charge in [0, 0.05) is 23.1 Å². The zero-order valence-corrected chi connectivity index (χ0v) is 17.0. The quantitative estimate of drug-likeness (QED) is 0.612. The van der Waals surface area contributed by atoms with Gasteiger partial charge in [-0.15, -0.1) is 0 Å². The Morgan fingerprint density at radius 3 is 2.70 bits per heavy atom. The lowest BCUT2D eigenvalue weighted by atomic mass is 10.1. The largest absolute Gasteiger partial charge is 0.486 e. The second kappa shape index (κ2) is 8.49. The number of hydrogen-bond donors (Lipinski definition) is 2. The molecule has 7 nitrogen and oxygen atoms in total. The molecule has 30 heavy (non-hydrogen) atoms. The van der Waals surface area contributed by atoms with Crippen LogP contribution in [-0.2, 0) is 16.0 Å². The van der Waals surface area contributed by atoms with Gasteiger partial charge in [0.05, 0.1) is 5.56 Å². The maximum atomic E-state index is 12.3. The molecule has 1 amide bonds. The Balaban J connectivity index is 1.25. The van der Waals surface area contributed by atoms with Gasteiger partial charge in [-0.05, 0) is 61.7 Å². The molecule has 1 aliphatic heterocycles. The number of carbonyl (C=O) groups is 2. The highest BCUT2D eigenvalue weighted by Gasteiger charge is 2.14. The van der Waals surface area contributed by atoms with Crippen molar-refractivity contribution < 1.29 is 23.8 Å². The summed E-state index contributed by atoms with van der Waals surface area (Å²) in [6, 6.07) is 11.1. The number of aromatic amines is 1. The summed E-state index contributed by atoms with van der Waals surface area (Å²) in [5, 5.41) is 3.74. The highest BCUT2D eigenvalue weighted by atomic mass is 16.6. The van der Waals surface area contributed by atoms with Crippen LogP contribution in [0.15, 0.2) is 36.4 Å². The second-order valence-corrected chi connectivity index (χ2v) is 7.29. The molecule has 0 atom stereocenters. The topological polar surface area (TPSA) is 89.7 Å². The zero-order valence-electron chi connectivity index (χ0n) is 17.0. The first-order valence-electron chi connectivity index (χ1n) is 9.92. The summed E-state index contributed by atoms with van der Waals surface area (Å²) in [4.78, 5) is 27.6. The summed E-state index contributed by atoms with van der Waals surface area (Å²) in [6.45, 7) is 5.20. The van der Waals surface area contributed by atoms with Crippen molar-refractivity contribution in [2.24, 2.45) is 0 Å². The van der Waals surface area contributed by atoms with Crippen LogP contribution in [0.25, 0.3) is 10.9 Å². The number of benzene rings is 2. The van der Waals surface area contributed by atoms with Gasteiger partial charge in [-0.25, -0.2) is 4.79 Å². The van der Waals surface area contributed by atoms with Crippen LogP contribution in [0.2, 0.25) is 0 Å². The maximum absolute atomic E-state index is 12.3. The van der Waals surface area contributed by atoms with E-state index in [0.29, 0.717) is 31.7 Å². The fourth-order valence-electron chi connectivity index (χ4n) is 3.44. The van der Waals surface area contributed by atoms with E-state index < -0.39 is 5.97 Å². The van der Waals surface area contributed by atoms with Crippen LogP contribution in [-0.4, -0.2) is 43.2 Å². The number of ether oxygens (including phenoxy) is 3. The van der Waals surface area contributed by atoms with Gasteiger partial charge < -0.3 is 24.5 Å². The number of esters is 1. The summed E-state index contributed by atoms with van der Waals surface area (Å²) in [5.74, 6) is 0.612. The minimum atomic E-state index is -0.517. The molecular weight excluding hydrogens is 384 g/mol. The molecule has 0 saturated heterocycles. The van der Waals surface area contributed by atoms with Crippen molar-refractivity contribution in [2.45, 2.75) is 20.3 Å². The van der Waals surface area contributed by atoms with E-state index in [1.54, 1.807) is 12.1 Å². The van der Waals surface area contributed by atoms with Crippen molar-refractivity contribution in [3.63, 3.8) is 0 Å². The van der Waals surface area contributed by atoms with Crippen molar-refractivity contribution in [2.75, 3.05) is 26.4 Å². The Labute approximate surface area is 174 Å². The minimum Gasteiger partial charge on any atom is -0.486 e. The van der Waals surface area contributed by atoms with Crippen molar-refractivity contribution in [3.05, 3.63) is 58.8 Å². The van der Waals surface area contributed by atoms with Crippen LogP contribution in [0.3, 0.4) is 0 Å². The van der Waals surface area contributed by atoms with Crippen LogP contribution in [0, 0.1) is 13.8 Å². The first-order chi connectivity index (χ1) is 14.5. The van der Waals surface area contributed by atoms with E-state index in [4.69, 9.17) is 14.2 Å². The summed E-state index contributed by atoms with van der Waals surface area (Å²) in [7, 11) is 0. The molecule has 3 aromatic rings. The fraction of sp³-hybridized carbons (Fsp3) is 0.304. The van der Waals surface area contributed by atoms with Crippen LogP contribution in [0.1, 0.15) is 27.2 Å². The first kappa shape index (κ1) is 19.8. The van der Waals surface area contributed by atoms with Gasteiger partial charge in [-0.3, -0.25) is 4.79 Å². The smallest absolute Gasteiger partial charge is 0.338 e. The third-order valence-corrected chi connectivity index (χ3v) is 5.22. The molecule has 0 radical (unpaired) electrons. The first-order valence-corrected chi connectivity index (χ1v) is 9.92. The standard InChI is InChI=1S/C23H24N2O5/c1-14-15(2)25-19-5-4-17(12-18(14)19)23(27)30-13-22(26)24-8-7-16-3-6-20-21(11-16)29-10-9-28-20/h3-6,11-12,25H,7-10,13H2,1-2H3,(H,24,26). The summed E-state index contributed by atoms with van der Waals surface area (Å²) in [5.41, 5.74) is 4.58. The van der Waals surface area contributed by atoms with Crippen LogP contribution < -0.4 is 14.8 Å². The number of nitrogens with one attached hydrogen (secondary N) is 2. The molecule has 7 heteroatoms. The highest BCUT2D eigenvalue weighted by Crippen LogP contribution is 2.30. The minimum absolute atomic E-state index is 0.316. The van der Waals surface area contributed by atoms with E-state index in [0.717, 1.165) is 39.2 Å². The maximum Gasteiger partial charge on any atom is 0.338 e. The Hall–Kier alpha value is -3.48. The van der Waals surface area contributed by atoms with Crippen LogP contribution in [0.5, 0.6) is 11.5 Å². The molecule has 156 valence electrons. The molecule has 0 saturated carbocycles. The van der Waals surface area contributed by atoms with Crippen molar-refractivity contribution in [3.8, 4) is 11.5 Å². The summed E-state index contributed by atoms with van der Waals surface area (Å²) in [6.07, 6.45) is 0.638. The van der Waals surface area contributed by atoms with Crippen LogP contribution in [0.4, 0.5) is 0 Å². The van der Waals surface area contributed by atoms with Gasteiger partial charge in [0.15, 0.2) is 18.1 Å². The van der Waals surface area contributed by atoms with Crippen molar-refractivity contribution in [1.29, 1.82) is 0 Å². The van der Waals surface area contributed by atoms with E-state index in [2.05, 4.69) is 10.3 Å². The predicted molar refractivity (Wildman–Crippen MR) is 112 cm³/mol. The van der Waals surface area contributed by atoms with Gasteiger partial charge in [-0.1, -0.05) is 6.07 Å². The van der Waals surface area contributed by atoms with Gasteiger partial charge in [0.2, 0.25) is 0 Å². The van der Waals surface area contributed by atoms with E-state index in [1.807, 2.05) is 38.1 Å². The third kappa shape index (κ3) is 4.25. The van der Waals surface area contributed by atoms with E-state index >= 15 is 0 Å². The number of carbonyl (C=O) groups excluding carboxylic acids is 2. The van der Waals surface area contributed by atoms with E-state index in [1.165, 1.54) is 0 Å². The Morgan fingerprint density at radius 1 is 1.07 bits per heavy atom. The molecule has 0 fully saturated rings. The highest BCUT2D eigenvalue weighted by molar-refractivity contribution is 5.96. The monoisotopic (exact) mass is 408 g/mol. The average molecular weight is 408 g/mol. The second-order valence-electron chi connectivity index (χ2n) is 7.29. The molecule has 1 aliphatic rings. The van der Waals surface area contributed by atoms with Gasteiger partial charge in [0.25, 0.3) is 5.91 Å². The lowest BCUT2D eigenvalue weighted by molar-refractivity contribution is -0.124. The Bertz CT molecular complexity index is 1100. The summed E-state index contributed by atoms with van der Waals surface area (Å²) < 4.78 is 16.2. The molecule has 1 aromatic heterocycles. The van der Waals surface area contributed by atoms with Gasteiger partial charge in [0.1, 0.15) is 13.2 Å². The number of fused-ring (bicyclic) bond motifs is 2.